The van der Waals surface area contributed by atoms with Crippen LogP contribution in [0, 0.1) is 11.6 Å². The number of hydrogen-bond donors (Lipinski definition) is 1. The van der Waals surface area contributed by atoms with Crippen LogP contribution in [0.3, 0.4) is 0 Å². The van der Waals surface area contributed by atoms with Crippen LogP contribution >= 0.6 is 0 Å². The van der Waals surface area contributed by atoms with E-state index in [9.17, 15) is 13.6 Å². The number of nitrogens with zero attached hydrogens (tertiary/aromatic N) is 4. The third kappa shape index (κ3) is 2.90. The Morgan fingerprint density at radius 1 is 1.12 bits per heavy atom. The molecule has 0 spiro atoms. The molecule has 0 aliphatic carbocycles. The van der Waals surface area contributed by atoms with E-state index in [0.717, 1.165) is 6.20 Å². The maximum Gasteiger partial charge on any atom is 0.287 e. The third-order valence-corrected chi connectivity index (χ3v) is 3.76. The van der Waals surface area contributed by atoms with Crippen LogP contribution in [0.1, 0.15) is 5.56 Å². The number of halogens is 2. The zero-order chi connectivity index (χ0) is 18.1. The number of aromatic nitrogens is 5. The van der Waals surface area contributed by atoms with Gasteiger partial charge in [0.2, 0.25) is 5.82 Å². The summed E-state index contributed by atoms with van der Waals surface area (Å²) in [6.07, 6.45) is 2.22. The highest BCUT2D eigenvalue weighted by atomic mass is 19.1. The minimum atomic E-state index is -0.990. The van der Waals surface area contributed by atoms with Crippen LogP contribution in [0.4, 0.5) is 8.78 Å². The van der Waals surface area contributed by atoms with Gasteiger partial charge in [0.05, 0.1) is 18.4 Å². The standard InChI is InChI=1S/C17H11F2N5O2/c18-11-4-2-1-3-10(11)9-24-15(13-5-6-26-23-13)7-14(22-24)16-20-8-12(19)17(25)21-16/h1-8H,9H2,(H,20,21,25). The van der Waals surface area contributed by atoms with Crippen molar-refractivity contribution in [1.29, 1.82) is 0 Å². The average Bonchev–Trinajstić information content (AvgIpc) is 3.29. The molecule has 0 saturated carbocycles. The lowest BCUT2D eigenvalue weighted by molar-refractivity contribution is 0.421. The van der Waals surface area contributed by atoms with Crippen molar-refractivity contribution in [2.75, 3.05) is 0 Å². The van der Waals surface area contributed by atoms with Crippen LogP contribution in [-0.2, 0) is 6.54 Å². The number of rotatable bonds is 4. The fourth-order valence-corrected chi connectivity index (χ4v) is 2.50. The van der Waals surface area contributed by atoms with E-state index in [-0.39, 0.29) is 23.9 Å². The lowest BCUT2D eigenvalue weighted by Gasteiger charge is -2.06. The van der Waals surface area contributed by atoms with Crippen molar-refractivity contribution in [3.63, 3.8) is 0 Å². The summed E-state index contributed by atoms with van der Waals surface area (Å²) < 4.78 is 33.5. The Morgan fingerprint density at radius 3 is 2.69 bits per heavy atom. The van der Waals surface area contributed by atoms with Gasteiger partial charge in [-0.25, -0.2) is 9.37 Å². The first-order valence-corrected chi connectivity index (χ1v) is 7.59. The quantitative estimate of drug-likeness (QED) is 0.608. The number of hydrogen-bond acceptors (Lipinski definition) is 5. The van der Waals surface area contributed by atoms with E-state index in [1.54, 1.807) is 30.3 Å². The Kier molecular flexibility index (Phi) is 3.88. The van der Waals surface area contributed by atoms with Gasteiger partial charge in [-0.2, -0.15) is 9.49 Å². The van der Waals surface area contributed by atoms with E-state index >= 15 is 0 Å². The summed E-state index contributed by atoms with van der Waals surface area (Å²) in [5.41, 5.74) is 0.819. The van der Waals surface area contributed by atoms with Crippen LogP contribution in [0.25, 0.3) is 22.9 Å². The molecule has 4 aromatic rings. The summed E-state index contributed by atoms with van der Waals surface area (Å²) in [4.78, 5) is 17.7. The van der Waals surface area contributed by atoms with E-state index < -0.39 is 11.4 Å². The lowest BCUT2D eigenvalue weighted by Crippen LogP contribution is -2.12. The van der Waals surface area contributed by atoms with E-state index in [2.05, 4.69) is 20.2 Å². The second kappa shape index (κ2) is 6.36. The Hall–Kier alpha value is -3.62. The SMILES string of the molecule is O=c1[nH]c(-c2cc(-c3ccon3)n(Cc3ccccc3F)n2)ncc1F. The Bertz CT molecular complexity index is 1120. The molecule has 0 fully saturated rings. The highest BCUT2D eigenvalue weighted by Gasteiger charge is 2.17. The summed E-state index contributed by atoms with van der Waals surface area (Å²) in [6.45, 7) is 0.125. The highest BCUT2D eigenvalue weighted by Crippen LogP contribution is 2.24. The molecule has 4 rings (SSSR count). The topological polar surface area (TPSA) is 89.6 Å². The van der Waals surface area contributed by atoms with E-state index in [0.29, 0.717) is 17.0 Å². The first-order valence-electron chi connectivity index (χ1n) is 7.59. The second-order valence-electron chi connectivity index (χ2n) is 5.46. The largest absolute Gasteiger partial charge is 0.364 e. The van der Waals surface area contributed by atoms with Crippen molar-refractivity contribution < 1.29 is 13.3 Å². The Balaban J connectivity index is 1.82. The van der Waals surface area contributed by atoms with Crippen LogP contribution < -0.4 is 5.56 Å². The predicted octanol–water partition coefficient (Wildman–Crippen LogP) is 2.61. The molecule has 0 aliphatic rings. The summed E-state index contributed by atoms with van der Waals surface area (Å²) in [7, 11) is 0. The van der Waals surface area contributed by atoms with Gasteiger partial charge in [-0.15, -0.1) is 0 Å². The average molecular weight is 355 g/mol. The predicted molar refractivity (Wildman–Crippen MR) is 87.0 cm³/mol. The van der Waals surface area contributed by atoms with Crippen molar-refractivity contribution >= 4 is 0 Å². The summed E-state index contributed by atoms with van der Waals surface area (Å²) in [5.74, 6) is -1.27. The highest BCUT2D eigenvalue weighted by molar-refractivity contribution is 5.62. The fourth-order valence-electron chi connectivity index (χ4n) is 2.50. The molecule has 0 atom stereocenters. The third-order valence-electron chi connectivity index (χ3n) is 3.76. The van der Waals surface area contributed by atoms with Crippen LogP contribution in [-0.4, -0.2) is 24.9 Å². The molecule has 0 aliphatic heterocycles. The minimum Gasteiger partial charge on any atom is -0.364 e. The molecule has 0 amide bonds. The number of H-pyrrole nitrogens is 1. The maximum absolute atomic E-state index is 14.0. The molecule has 1 aromatic carbocycles. The molecule has 0 bridgehead atoms. The van der Waals surface area contributed by atoms with Crippen LogP contribution in [0.2, 0.25) is 0 Å². The maximum atomic E-state index is 14.0. The number of nitrogens with one attached hydrogen (secondary N) is 1. The van der Waals surface area contributed by atoms with E-state index in [1.165, 1.54) is 17.0 Å². The summed E-state index contributed by atoms with van der Waals surface area (Å²) in [5, 5.41) is 8.22. The number of aromatic amines is 1. The van der Waals surface area contributed by atoms with Crippen LogP contribution in [0.5, 0.6) is 0 Å². The number of benzene rings is 1. The van der Waals surface area contributed by atoms with Crippen molar-refractivity contribution in [2.24, 2.45) is 0 Å². The van der Waals surface area contributed by atoms with Gasteiger partial charge in [-0.05, 0) is 12.1 Å². The molecule has 0 saturated heterocycles. The van der Waals surface area contributed by atoms with Crippen molar-refractivity contribution in [1.82, 2.24) is 24.9 Å². The molecule has 1 N–H and O–H groups in total. The molecule has 3 aromatic heterocycles. The zero-order valence-electron chi connectivity index (χ0n) is 13.2. The van der Waals surface area contributed by atoms with Gasteiger partial charge in [-0.3, -0.25) is 9.48 Å². The van der Waals surface area contributed by atoms with Crippen molar-refractivity contribution in [2.45, 2.75) is 6.54 Å². The minimum absolute atomic E-state index is 0.0911. The van der Waals surface area contributed by atoms with Gasteiger partial charge in [0.15, 0.2) is 5.82 Å². The Labute approximate surface area is 144 Å². The summed E-state index contributed by atoms with van der Waals surface area (Å²) in [6, 6.07) is 9.54. The molecule has 7 nitrogen and oxygen atoms in total. The fraction of sp³-hybridized carbons (Fsp3) is 0.0588. The molecule has 9 heteroatoms. The lowest BCUT2D eigenvalue weighted by atomic mass is 10.2. The molecular formula is C17H11F2N5O2. The smallest absolute Gasteiger partial charge is 0.287 e. The van der Waals surface area contributed by atoms with Gasteiger partial charge in [-0.1, -0.05) is 23.4 Å². The normalized spacial score (nSPS) is 11.0. The second-order valence-corrected chi connectivity index (χ2v) is 5.46. The van der Waals surface area contributed by atoms with Crippen molar-refractivity contribution in [3.05, 3.63) is 76.4 Å². The summed E-state index contributed by atoms with van der Waals surface area (Å²) >= 11 is 0. The van der Waals surface area contributed by atoms with E-state index in [4.69, 9.17) is 4.52 Å². The molecular weight excluding hydrogens is 344 g/mol. The van der Waals surface area contributed by atoms with E-state index in [1.807, 2.05) is 0 Å². The monoisotopic (exact) mass is 355 g/mol. The Morgan fingerprint density at radius 2 is 1.96 bits per heavy atom. The first kappa shape index (κ1) is 15.9. The van der Waals surface area contributed by atoms with Crippen molar-refractivity contribution in [3.8, 4) is 22.9 Å². The van der Waals surface area contributed by atoms with Gasteiger partial charge in [0.1, 0.15) is 23.5 Å². The first-order chi connectivity index (χ1) is 12.6. The van der Waals surface area contributed by atoms with Gasteiger partial charge >= 0.3 is 0 Å². The zero-order valence-corrected chi connectivity index (χ0v) is 13.2. The molecule has 0 unspecified atom stereocenters. The molecule has 3 heterocycles. The molecule has 26 heavy (non-hydrogen) atoms. The molecule has 0 radical (unpaired) electrons. The molecule has 130 valence electrons. The van der Waals surface area contributed by atoms with Crippen LogP contribution in [0.15, 0.2) is 58.2 Å². The van der Waals surface area contributed by atoms with Gasteiger partial charge in [0, 0.05) is 11.6 Å². The van der Waals surface area contributed by atoms with Gasteiger partial charge in [0.25, 0.3) is 5.56 Å². The van der Waals surface area contributed by atoms with Gasteiger partial charge < -0.3 is 9.51 Å².